The third-order valence-corrected chi connectivity index (χ3v) is 9.29. The lowest BCUT2D eigenvalue weighted by Gasteiger charge is -2.31. The number of alkyl halides is 3. The third-order valence-electron chi connectivity index (χ3n) is 8.07. The number of benzene rings is 3. The van der Waals surface area contributed by atoms with Crippen LogP contribution in [0, 0.1) is 6.92 Å². The number of anilines is 2. The van der Waals surface area contributed by atoms with Crippen LogP contribution in [0.4, 0.5) is 29.6 Å². The van der Waals surface area contributed by atoms with E-state index in [1.165, 1.54) is 23.1 Å². The van der Waals surface area contributed by atoms with Crippen LogP contribution in [-0.4, -0.2) is 58.6 Å². The monoisotopic (exact) mass is 692 g/mol. The van der Waals surface area contributed by atoms with E-state index in [1.807, 2.05) is 6.92 Å². The molecule has 1 atom stereocenters. The number of rotatable bonds is 9. The lowest BCUT2D eigenvalue weighted by molar-refractivity contribution is -0.138. The Morgan fingerprint density at radius 2 is 1.82 bits per heavy atom. The number of carbonyl (C=O) groups is 1. The zero-order valence-electron chi connectivity index (χ0n) is 26.1. The summed E-state index contributed by atoms with van der Waals surface area (Å²) in [5, 5.41) is 13.6. The minimum atomic E-state index is -4.71. The third kappa shape index (κ3) is 7.67. The average Bonchev–Trinajstić information content (AvgIpc) is 3.06. The number of amides is 1. The molecule has 3 aromatic carbocycles. The van der Waals surface area contributed by atoms with Crippen molar-refractivity contribution in [1.82, 2.24) is 19.9 Å². The van der Waals surface area contributed by atoms with Crippen LogP contribution >= 0.6 is 0 Å². The van der Waals surface area contributed by atoms with Crippen molar-refractivity contribution in [1.29, 1.82) is 0 Å². The number of nitrogens with one attached hydrogen (secondary N) is 2. The van der Waals surface area contributed by atoms with Crippen molar-refractivity contribution in [2.45, 2.75) is 37.7 Å². The molecule has 1 aliphatic rings. The number of hydrogen-bond donors (Lipinski definition) is 3. The second kappa shape index (κ2) is 13.6. The standard InChI is InChI=1S/C34H31F3N6O5S/c1-21-13-14-24-25(9-4-12-29(24)42-49(46,47)20-22-7-2-3-11-27(22)34(35,36)37)30(21)48-31-26(10-5-16-38-31)28-15-17-39-32(41-28)40-23-8-6-18-43(19-23)33(44)45/h2-5,7,9-17,23,42H,6,8,18-20H2,1H3,(H,44,45)(H,39,40,41)/t23-/m0/s1. The molecule has 0 unspecified atom stereocenters. The average molecular weight is 693 g/mol. The minimum absolute atomic E-state index is 0.158. The fourth-order valence-electron chi connectivity index (χ4n) is 5.79. The van der Waals surface area contributed by atoms with Crippen LogP contribution in [0.2, 0.25) is 0 Å². The molecule has 0 spiro atoms. The van der Waals surface area contributed by atoms with E-state index in [0.29, 0.717) is 58.8 Å². The van der Waals surface area contributed by atoms with Crippen molar-refractivity contribution in [2.75, 3.05) is 23.1 Å². The van der Waals surface area contributed by atoms with Crippen molar-refractivity contribution in [3.8, 4) is 22.9 Å². The Morgan fingerprint density at radius 3 is 2.61 bits per heavy atom. The Hall–Kier alpha value is -5.44. The fourth-order valence-corrected chi connectivity index (χ4v) is 7.03. The molecule has 2 aromatic heterocycles. The summed E-state index contributed by atoms with van der Waals surface area (Å²) >= 11 is 0. The molecule has 15 heteroatoms. The molecule has 5 aromatic rings. The number of aryl methyl sites for hydroxylation is 1. The molecule has 49 heavy (non-hydrogen) atoms. The first-order valence-electron chi connectivity index (χ1n) is 15.3. The van der Waals surface area contributed by atoms with E-state index < -0.39 is 33.6 Å². The topological polar surface area (TPSA) is 147 Å². The molecule has 0 bridgehead atoms. The molecule has 254 valence electrons. The number of ether oxygens (including phenoxy) is 1. The maximum Gasteiger partial charge on any atom is 0.416 e. The van der Waals surface area contributed by atoms with Gasteiger partial charge in [-0.2, -0.15) is 13.2 Å². The van der Waals surface area contributed by atoms with Gasteiger partial charge in [-0.25, -0.2) is 28.2 Å². The van der Waals surface area contributed by atoms with Crippen molar-refractivity contribution in [2.24, 2.45) is 0 Å². The highest BCUT2D eigenvalue weighted by Gasteiger charge is 2.34. The van der Waals surface area contributed by atoms with Crippen LogP contribution in [0.15, 0.2) is 85.2 Å². The first-order chi connectivity index (χ1) is 23.4. The summed E-state index contributed by atoms with van der Waals surface area (Å²) in [4.78, 5) is 26.2. The van der Waals surface area contributed by atoms with Gasteiger partial charge in [-0.05, 0) is 61.2 Å². The summed E-state index contributed by atoms with van der Waals surface area (Å²) in [6.45, 7) is 2.60. The number of halogens is 3. The number of fused-ring (bicyclic) bond motifs is 1. The summed E-state index contributed by atoms with van der Waals surface area (Å²) in [6, 6.07) is 17.9. The van der Waals surface area contributed by atoms with E-state index in [2.05, 4.69) is 25.0 Å². The molecule has 0 radical (unpaired) electrons. The molecule has 6 rings (SSSR count). The van der Waals surface area contributed by atoms with Gasteiger partial charge in [0.2, 0.25) is 21.9 Å². The maximum absolute atomic E-state index is 13.5. The molecule has 0 aliphatic carbocycles. The highest BCUT2D eigenvalue weighted by Crippen LogP contribution is 2.39. The van der Waals surface area contributed by atoms with Gasteiger partial charge in [-0.15, -0.1) is 0 Å². The fraction of sp³-hybridized carbons (Fsp3) is 0.235. The molecule has 1 amide bonds. The molecular formula is C34H31F3N6O5S. The zero-order chi connectivity index (χ0) is 34.8. The van der Waals surface area contributed by atoms with Gasteiger partial charge in [-0.3, -0.25) is 4.72 Å². The Morgan fingerprint density at radius 1 is 1.00 bits per heavy atom. The zero-order valence-corrected chi connectivity index (χ0v) is 26.9. The van der Waals surface area contributed by atoms with Crippen LogP contribution < -0.4 is 14.8 Å². The summed E-state index contributed by atoms with van der Waals surface area (Å²) < 4.78 is 75.8. The molecule has 3 N–H and O–H groups in total. The highest BCUT2D eigenvalue weighted by molar-refractivity contribution is 7.91. The van der Waals surface area contributed by atoms with Crippen molar-refractivity contribution in [3.05, 3.63) is 102 Å². The Kier molecular flexibility index (Phi) is 9.28. The molecule has 1 saturated heterocycles. The number of nitrogens with zero attached hydrogens (tertiary/aromatic N) is 4. The first-order valence-corrected chi connectivity index (χ1v) is 16.9. The number of piperidine rings is 1. The number of sulfonamides is 1. The van der Waals surface area contributed by atoms with Crippen LogP contribution in [-0.2, 0) is 22.0 Å². The van der Waals surface area contributed by atoms with E-state index in [4.69, 9.17) is 4.74 Å². The Labute approximate surface area is 279 Å². The summed E-state index contributed by atoms with van der Waals surface area (Å²) in [5.74, 6) is 0.0529. The van der Waals surface area contributed by atoms with Crippen molar-refractivity contribution >= 4 is 38.5 Å². The molecular weight excluding hydrogens is 661 g/mol. The molecule has 0 saturated carbocycles. The van der Waals surface area contributed by atoms with Crippen molar-refractivity contribution < 1.29 is 36.2 Å². The molecule has 1 fully saturated rings. The molecule has 3 heterocycles. The van der Waals surface area contributed by atoms with Gasteiger partial charge in [-0.1, -0.05) is 42.5 Å². The van der Waals surface area contributed by atoms with Gasteiger partial charge in [0, 0.05) is 42.3 Å². The number of pyridine rings is 1. The quantitative estimate of drug-likeness (QED) is 0.145. The largest absolute Gasteiger partial charge is 0.465 e. The first kappa shape index (κ1) is 33.5. The number of likely N-dealkylation sites (tertiary alicyclic amines) is 1. The van der Waals surface area contributed by atoms with Gasteiger partial charge in [0.05, 0.1) is 28.3 Å². The van der Waals surface area contributed by atoms with Crippen LogP contribution in [0.1, 0.15) is 29.5 Å². The minimum Gasteiger partial charge on any atom is -0.465 e. The number of aromatic nitrogens is 3. The van der Waals surface area contributed by atoms with Gasteiger partial charge < -0.3 is 20.1 Å². The Balaban J connectivity index is 1.28. The summed E-state index contributed by atoms with van der Waals surface area (Å²) in [6.07, 6.45) is -1.07. The van der Waals surface area contributed by atoms with Gasteiger partial charge >= 0.3 is 12.3 Å². The van der Waals surface area contributed by atoms with Crippen LogP contribution in [0.25, 0.3) is 22.0 Å². The predicted molar refractivity (Wildman–Crippen MR) is 178 cm³/mol. The second-order valence-corrected chi connectivity index (χ2v) is 13.3. The van der Waals surface area contributed by atoms with Crippen molar-refractivity contribution in [3.63, 3.8) is 0 Å². The van der Waals surface area contributed by atoms with E-state index in [9.17, 15) is 31.5 Å². The highest BCUT2D eigenvalue weighted by atomic mass is 32.2. The van der Waals surface area contributed by atoms with Gasteiger partial charge in [0.25, 0.3) is 0 Å². The maximum atomic E-state index is 13.5. The number of hydrogen-bond acceptors (Lipinski definition) is 8. The van der Waals surface area contributed by atoms with Crippen LogP contribution in [0.3, 0.4) is 0 Å². The lowest BCUT2D eigenvalue weighted by Crippen LogP contribution is -2.44. The van der Waals surface area contributed by atoms with E-state index >= 15 is 0 Å². The lowest BCUT2D eigenvalue weighted by atomic mass is 10.0. The SMILES string of the molecule is Cc1ccc2c(NS(=O)(=O)Cc3ccccc3C(F)(F)F)cccc2c1Oc1ncccc1-c1ccnc(N[C@H]2CCCN(C(=O)O)C2)n1. The normalized spacial score (nSPS) is 15.2. The van der Waals surface area contributed by atoms with Crippen LogP contribution in [0.5, 0.6) is 11.6 Å². The summed E-state index contributed by atoms with van der Waals surface area (Å²) in [5.41, 5.74) is 0.546. The van der Waals surface area contributed by atoms with Gasteiger partial charge in [0.15, 0.2) is 0 Å². The van der Waals surface area contributed by atoms with Gasteiger partial charge in [0.1, 0.15) is 5.75 Å². The smallest absolute Gasteiger partial charge is 0.416 e. The Bertz CT molecular complexity index is 2130. The molecule has 11 nitrogen and oxygen atoms in total. The summed E-state index contributed by atoms with van der Waals surface area (Å²) in [7, 11) is -4.26. The van der Waals surface area contributed by atoms with E-state index in [1.54, 1.807) is 54.9 Å². The predicted octanol–water partition coefficient (Wildman–Crippen LogP) is 7.31. The number of carboxylic acid groups (broad SMARTS) is 1. The van der Waals surface area contributed by atoms with E-state index in [-0.39, 0.29) is 23.2 Å². The second-order valence-electron chi connectivity index (χ2n) is 11.6. The molecule has 1 aliphatic heterocycles. The van der Waals surface area contributed by atoms with E-state index in [0.717, 1.165) is 18.6 Å².